The Morgan fingerprint density at radius 1 is 1.17 bits per heavy atom. The van der Waals surface area contributed by atoms with Crippen LogP contribution < -0.4 is 4.74 Å². The summed E-state index contributed by atoms with van der Waals surface area (Å²) in [5.41, 5.74) is 0.833. The van der Waals surface area contributed by atoms with Gasteiger partial charge in [0.05, 0.1) is 20.3 Å². The van der Waals surface area contributed by atoms with Crippen molar-refractivity contribution in [2.24, 2.45) is 0 Å². The highest BCUT2D eigenvalue weighted by atomic mass is 79.9. The average molecular weight is 394 g/mol. The summed E-state index contributed by atoms with van der Waals surface area (Å²) in [4.78, 5) is 2.38. The molecule has 0 radical (unpaired) electrons. The lowest BCUT2D eigenvalue weighted by molar-refractivity contribution is -0.264. The SMILES string of the molecule is Br.COc1ccc2cc(C3(O)CN4CCCCC4CO3)ccc2c1. The van der Waals surface area contributed by atoms with Crippen LogP contribution in [0, 0.1) is 0 Å². The molecule has 4 rings (SSSR count). The number of hydrogen-bond acceptors (Lipinski definition) is 4. The maximum absolute atomic E-state index is 11.1. The molecule has 0 aliphatic carbocycles. The molecule has 24 heavy (non-hydrogen) atoms. The lowest BCUT2D eigenvalue weighted by Gasteiger charge is -2.46. The molecule has 2 saturated heterocycles. The highest BCUT2D eigenvalue weighted by Crippen LogP contribution is 2.34. The predicted octanol–water partition coefficient (Wildman–Crippen LogP) is 3.46. The van der Waals surface area contributed by atoms with E-state index in [2.05, 4.69) is 4.90 Å². The summed E-state index contributed by atoms with van der Waals surface area (Å²) < 4.78 is 11.2. The molecule has 2 atom stereocenters. The Morgan fingerprint density at radius 2 is 1.96 bits per heavy atom. The van der Waals surface area contributed by atoms with Gasteiger partial charge in [-0.3, -0.25) is 4.90 Å². The Hall–Kier alpha value is -1.14. The van der Waals surface area contributed by atoms with E-state index in [0.29, 0.717) is 19.2 Å². The normalized spacial score (nSPS) is 27.3. The van der Waals surface area contributed by atoms with Crippen molar-refractivity contribution in [1.29, 1.82) is 0 Å². The summed E-state index contributed by atoms with van der Waals surface area (Å²) in [6.07, 6.45) is 3.65. The zero-order chi connectivity index (χ0) is 15.9. The van der Waals surface area contributed by atoms with E-state index in [0.717, 1.165) is 28.6 Å². The van der Waals surface area contributed by atoms with Crippen molar-refractivity contribution in [3.8, 4) is 5.75 Å². The third-order valence-corrected chi connectivity index (χ3v) is 5.18. The molecule has 0 aromatic heterocycles. The Balaban J connectivity index is 0.00000169. The Morgan fingerprint density at radius 3 is 2.79 bits per heavy atom. The van der Waals surface area contributed by atoms with Gasteiger partial charge in [-0.1, -0.05) is 24.6 Å². The number of piperidine rings is 1. The number of benzene rings is 2. The van der Waals surface area contributed by atoms with Gasteiger partial charge in [0, 0.05) is 11.6 Å². The molecule has 2 heterocycles. The topological polar surface area (TPSA) is 41.9 Å². The highest BCUT2D eigenvalue weighted by molar-refractivity contribution is 8.93. The number of fused-ring (bicyclic) bond motifs is 2. The van der Waals surface area contributed by atoms with E-state index in [1.165, 1.54) is 19.3 Å². The van der Waals surface area contributed by atoms with Crippen LogP contribution in [0.2, 0.25) is 0 Å². The number of methoxy groups -OCH3 is 1. The molecule has 0 bridgehead atoms. The predicted molar refractivity (Wildman–Crippen MR) is 99.9 cm³/mol. The van der Waals surface area contributed by atoms with Crippen LogP contribution in [0.15, 0.2) is 36.4 Å². The van der Waals surface area contributed by atoms with Gasteiger partial charge in [0.25, 0.3) is 0 Å². The van der Waals surface area contributed by atoms with Crippen molar-refractivity contribution in [3.63, 3.8) is 0 Å². The van der Waals surface area contributed by atoms with Crippen LogP contribution in [0.4, 0.5) is 0 Å². The van der Waals surface area contributed by atoms with Gasteiger partial charge in [-0.05, 0) is 48.4 Å². The molecular weight excluding hydrogens is 370 g/mol. The van der Waals surface area contributed by atoms with Gasteiger partial charge in [0.15, 0.2) is 0 Å². The quantitative estimate of drug-likeness (QED) is 0.847. The molecule has 2 aliphatic heterocycles. The monoisotopic (exact) mass is 393 g/mol. The van der Waals surface area contributed by atoms with E-state index in [-0.39, 0.29) is 17.0 Å². The van der Waals surface area contributed by atoms with Gasteiger partial charge < -0.3 is 14.6 Å². The lowest BCUT2D eigenvalue weighted by Crippen LogP contribution is -2.56. The average Bonchev–Trinajstić information content (AvgIpc) is 2.60. The molecule has 0 amide bonds. The minimum absolute atomic E-state index is 0. The van der Waals surface area contributed by atoms with Crippen LogP contribution in [0.1, 0.15) is 24.8 Å². The van der Waals surface area contributed by atoms with Gasteiger partial charge >= 0.3 is 0 Å². The minimum atomic E-state index is -1.21. The number of hydrogen-bond donors (Lipinski definition) is 1. The molecule has 0 saturated carbocycles. The first-order chi connectivity index (χ1) is 11.2. The summed E-state index contributed by atoms with van der Waals surface area (Å²) >= 11 is 0. The maximum Gasteiger partial charge on any atom is 0.205 e. The Labute approximate surface area is 153 Å². The van der Waals surface area contributed by atoms with Crippen LogP contribution in [-0.2, 0) is 10.5 Å². The van der Waals surface area contributed by atoms with Crippen molar-refractivity contribution < 1.29 is 14.6 Å². The first kappa shape index (κ1) is 17.7. The Bertz CT molecular complexity index is 723. The second-order valence-electron chi connectivity index (χ2n) is 6.64. The zero-order valence-corrected chi connectivity index (χ0v) is 15.6. The van der Waals surface area contributed by atoms with Crippen LogP contribution in [0.25, 0.3) is 10.8 Å². The van der Waals surface area contributed by atoms with Crippen molar-refractivity contribution in [1.82, 2.24) is 4.90 Å². The number of morpholine rings is 1. The number of ether oxygens (including phenoxy) is 2. The summed E-state index contributed by atoms with van der Waals surface area (Å²) in [6.45, 7) is 2.22. The van der Waals surface area contributed by atoms with E-state index in [4.69, 9.17) is 9.47 Å². The zero-order valence-electron chi connectivity index (χ0n) is 13.9. The molecule has 0 spiro atoms. The number of nitrogens with zero attached hydrogens (tertiary/aromatic N) is 1. The first-order valence-corrected chi connectivity index (χ1v) is 8.37. The van der Waals surface area contributed by atoms with Crippen LogP contribution in [0.3, 0.4) is 0 Å². The third kappa shape index (κ3) is 3.18. The van der Waals surface area contributed by atoms with Gasteiger partial charge in [0.1, 0.15) is 5.75 Å². The second-order valence-corrected chi connectivity index (χ2v) is 6.64. The summed E-state index contributed by atoms with van der Waals surface area (Å²) in [5, 5.41) is 13.2. The first-order valence-electron chi connectivity index (χ1n) is 8.37. The molecule has 5 heteroatoms. The maximum atomic E-state index is 11.1. The summed E-state index contributed by atoms with van der Waals surface area (Å²) in [5.74, 6) is -0.365. The standard InChI is InChI=1S/C19H23NO3.BrH/c1-22-18-8-6-14-10-16(7-5-15(14)11-18)19(21)13-20-9-3-2-4-17(20)12-23-19;/h5-8,10-11,17,21H,2-4,9,12-13H2,1H3;1H. The molecule has 1 N–H and O–H groups in total. The smallest absolute Gasteiger partial charge is 0.205 e. The highest BCUT2D eigenvalue weighted by Gasteiger charge is 2.41. The van der Waals surface area contributed by atoms with E-state index < -0.39 is 5.79 Å². The fraction of sp³-hybridized carbons (Fsp3) is 0.474. The summed E-state index contributed by atoms with van der Waals surface area (Å²) in [6, 6.07) is 12.5. The minimum Gasteiger partial charge on any atom is -0.497 e. The summed E-state index contributed by atoms with van der Waals surface area (Å²) in [7, 11) is 1.67. The Kier molecular flexibility index (Phi) is 5.16. The fourth-order valence-electron chi connectivity index (χ4n) is 3.78. The second kappa shape index (κ2) is 7.00. The molecule has 2 aromatic rings. The molecule has 2 unspecified atom stereocenters. The van der Waals surface area contributed by atoms with E-state index >= 15 is 0 Å². The number of halogens is 1. The van der Waals surface area contributed by atoms with Crippen molar-refractivity contribution >= 4 is 27.8 Å². The van der Waals surface area contributed by atoms with Crippen LogP contribution in [-0.4, -0.2) is 42.9 Å². The van der Waals surface area contributed by atoms with Crippen molar-refractivity contribution in [2.45, 2.75) is 31.1 Å². The lowest BCUT2D eigenvalue weighted by atomic mass is 9.95. The largest absolute Gasteiger partial charge is 0.497 e. The van der Waals surface area contributed by atoms with Crippen molar-refractivity contribution in [2.75, 3.05) is 26.8 Å². The number of aliphatic hydroxyl groups is 1. The molecule has 2 fully saturated rings. The van der Waals surface area contributed by atoms with Gasteiger partial charge in [-0.2, -0.15) is 0 Å². The van der Waals surface area contributed by atoms with Crippen LogP contribution >= 0.6 is 17.0 Å². The molecule has 130 valence electrons. The van der Waals surface area contributed by atoms with Gasteiger partial charge in [0.2, 0.25) is 5.79 Å². The third-order valence-electron chi connectivity index (χ3n) is 5.18. The van der Waals surface area contributed by atoms with Gasteiger partial charge in [-0.25, -0.2) is 0 Å². The molecule has 4 nitrogen and oxygen atoms in total. The van der Waals surface area contributed by atoms with E-state index in [1.54, 1.807) is 7.11 Å². The molecule has 2 aromatic carbocycles. The van der Waals surface area contributed by atoms with Gasteiger partial charge in [-0.15, -0.1) is 17.0 Å². The van der Waals surface area contributed by atoms with Crippen molar-refractivity contribution in [3.05, 3.63) is 42.0 Å². The molecular formula is C19H24BrNO3. The molecule has 2 aliphatic rings. The van der Waals surface area contributed by atoms with E-state index in [9.17, 15) is 5.11 Å². The number of rotatable bonds is 2. The fourth-order valence-corrected chi connectivity index (χ4v) is 3.78. The van der Waals surface area contributed by atoms with Crippen LogP contribution in [0.5, 0.6) is 5.75 Å². The van der Waals surface area contributed by atoms with E-state index in [1.807, 2.05) is 36.4 Å².